The standard InChI is InChI=1S/C26H18Cl2N4O3S/c27-16-9-12-18(13-10-16)36(34,35)32-22-14-11-17(28)15-20(22)26(33)31-21-6-2-1-5-19(21)25-29-23-7-3-4-8-24(23)30-25/h1-15,32H,(H,29,30)(H,31,33). The van der Waals surface area contributed by atoms with Gasteiger partial charge in [0.2, 0.25) is 0 Å². The molecule has 180 valence electrons. The van der Waals surface area contributed by atoms with Gasteiger partial charge in [-0.25, -0.2) is 13.4 Å². The highest BCUT2D eigenvalue weighted by atomic mass is 35.5. The van der Waals surface area contributed by atoms with Crippen LogP contribution in [0, 0.1) is 0 Å². The zero-order valence-corrected chi connectivity index (χ0v) is 20.8. The van der Waals surface area contributed by atoms with Gasteiger partial charge in [-0.05, 0) is 66.7 Å². The lowest BCUT2D eigenvalue weighted by atomic mass is 10.1. The van der Waals surface area contributed by atoms with Crippen LogP contribution in [0.2, 0.25) is 10.0 Å². The smallest absolute Gasteiger partial charge is 0.261 e. The fraction of sp³-hybridized carbons (Fsp3) is 0. The molecule has 0 bridgehead atoms. The Balaban J connectivity index is 1.47. The Morgan fingerprint density at radius 2 is 1.50 bits per heavy atom. The maximum absolute atomic E-state index is 13.4. The molecule has 3 N–H and O–H groups in total. The van der Waals surface area contributed by atoms with Crippen LogP contribution in [0.3, 0.4) is 0 Å². The van der Waals surface area contributed by atoms with E-state index in [-0.39, 0.29) is 21.2 Å². The lowest BCUT2D eigenvalue weighted by Crippen LogP contribution is -2.19. The summed E-state index contributed by atoms with van der Waals surface area (Å²) in [7, 11) is -3.98. The zero-order valence-electron chi connectivity index (χ0n) is 18.5. The molecule has 1 amide bonds. The number of hydrogen-bond donors (Lipinski definition) is 3. The maximum atomic E-state index is 13.4. The number of nitrogens with zero attached hydrogens (tertiary/aromatic N) is 1. The first-order valence-electron chi connectivity index (χ1n) is 10.7. The molecule has 5 aromatic rings. The number of fused-ring (bicyclic) bond motifs is 1. The van der Waals surface area contributed by atoms with Crippen LogP contribution in [0.25, 0.3) is 22.4 Å². The average Bonchev–Trinajstić information content (AvgIpc) is 3.30. The molecule has 0 aliphatic rings. The van der Waals surface area contributed by atoms with Crippen molar-refractivity contribution in [2.75, 3.05) is 10.0 Å². The van der Waals surface area contributed by atoms with E-state index in [1.165, 1.54) is 42.5 Å². The SMILES string of the molecule is O=C(Nc1ccccc1-c1nc2ccccc2[nH]1)c1cc(Cl)ccc1NS(=O)(=O)c1ccc(Cl)cc1. The van der Waals surface area contributed by atoms with Crippen molar-refractivity contribution >= 4 is 61.5 Å². The van der Waals surface area contributed by atoms with Crippen LogP contribution in [0.5, 0.6) is 0 Å². The van der Waals surface area contributed by atoms with Crippen molar-refractivity contribution in [1.29, 1.82) is 0 Å². The number of carbonyl (C=O) groups is 1. The van der Waals surface area contributed by atoms with E-state index in [1.54, 1.807) is 12.1 Å². The van der Waals surface area contributed by atoms with Crippen molar-refractivity contribution in [2.24, 2.45) is 0 Å². The Bertz CT molecular complexity index is 1670. The Labute approximate surface area is 217 Å². The molecule has 1 aromatic heterocycles. The number of sulfonamides is 1. The molecule has 5 rings (SSSR count). The second-order valence-electron chi connectivity index (χ2n) is 7.85. The van der Waals surface area contributed by atoms with Crippen molar-refractivity contribution in [3.63, 3.8) is 0 Å². The van der Waals surface area contributed by atoms with Gasteiger partial charge in [-0.3, -0.25) is 9.52 Å². The molecular formula is C26H18Cl2N4O3S. The normalized spacial score (nSPS) is 11.4. The van der Waals surface area contributed by atoms with E-state index in [1.807, 2.05) is 36.4 Å². The summed E-state index contributed by atoms with van der Waals surface area (Å²) in [6.07, 6.45) is 0. The largest absolute Gasteiger partial charge is 0.338 e. The van der Waals surface area contributed by atoms with Gasteiger partial charge >= 0.3 is 0 Å². The van der Waals surface area contributed by atoms with Crippen LogP contribution in [-0.4, -0.2) is 24.3 Å². The summed E-state index contributed by atoms with van der Waals surface area (Å²) in [5.41, 5.74) is 2.96. The van der Waals surface area contributed by atoms with Gasteiger partial charge in [-0.15, -0.1) is 0 Å². The van der Waals surface area contributed by atoms with Gasteiger partial charge in [0.25, 0.3) is 15.9 Å². The highest BCUT2D eigenvalue weighted by Crippen LogP contribution is 2.30. The van der Waals surface area contributed by atoms with Gasteiger partial charge in [0, 0.05) is 15.6 Å². The number of benzene rings is 4. The number of anilines is 2. The van der Waals surface area contributed by atoms with Crippen LogP contribution in [0.1, 0.15) is 10.4 Å². The second kappa shape index (κ2) is 9.66. The molecule has 4 aromatic carbocycles. The van der Waals surface area contributed by atoms with E-state index in [0.29, 0.717) is 22.1 Å². The van der Waals surface area contributed by atoms with Crippen LogP contribution < -0.4 is 10.0 Å². The first-order chi connectivity index (χ1) is 17.3. The molecule has 0 spiro atoms. The summed E-state index contributed by atoms with van der Waals surface area (Å²) in [5, 5.41) is 3.54. The minimum atomic E-state index is -3.98. The molecule has 0 saturated heterocycles. The molecule has 0 atom stereocenters. The Kier molecular flexibility index (Phi) is 6.40. The Hall–Kier alpha value is -3.85. The van der Waals surface area contributed by atoms with Crippen LogP contribution in [-0.2, 0) is 10.0 Å². The molecule has 0 saturated carbocycles. The van der Waals surface area contributed by atoms with Gasteiger partial charge < -0.3 is 10.3 Å². The Morgan fingerprint density at radius 3 is 2.28 bits per heavy atom. The van der Waals surface area contributed by atoms with E-state index in [4.69, 9.17) is 23.2 Å². The lowest BCUT2D eigenvalue weighted by molar-refractivity contribution is 0.102. The third-order valence-electron chi connectivity index (χ3n) is 5.41. The number of halogens is 2. The average molecular weight is 537 g/mol. The van der Waals surface area contributed by atoms with Crippen molar-refractivity contribution in [2.45, 2.75) is 4.90 Å². The molecule has 0 aliphatic heterocycles. The summed E-state index contributed by atoms with van der Waals surface area (Å²) in [6.45, 7) is 0. The molecule has 0 fully saturated rings. The van der Waals surface area contributed by atoms with Crippen molar-refractivity contribution in [3.05, 3.63) is 107 Å². The summed E-state index contributed by atoms with van der Waals surface area (Å²) >= 11 is 12.0. The molecule has 7 nitrogen and oxygen atoms in total. The Morgan fingerprint density at radius 1 is 0.806 bits per heavy atom. The zero-order chi connectivity index (χ0) is 25.3. The van der Waals surface area contributed by atoms with Crippen LogP contribution in [0.4, 0.5) is 11.4 Å². The fourth-order valence-corrected chi connectivity index (χ4v) is 5.06. The van der Waals surface area contributed by atoms with Crippen LogP contribution >= 0.6 is 23.2 Å². The fourth-order valence-electron chi connectivity index (χ4n) is 3.68. The van der Waals surface area contributed by atoms with E-state index in [0.717, 1.165) is 11.0 Å². The van der Waals surface area contributed by atoms with Crippen LogP contribution in [0.15, 0.2) is 95.9 Å². The number of amides is 1. The van der Waals surface area contributed by atoms with Crippen molar-refractivity contribution < 1.29 is 13.2 Å². The number of rotatable bonds is 6. The summed E-state index contributed by atoms with van der Waals surface area (Å²) in [4.78, 5) is 21.2. The molecule has 0 aliphatic carbocycles. The number of imidazole rings is 1. The quantitative estimate of drug-likeness (QED) is 0.227. The number of hydrogen-bond acceptors (Lipinski definition) is 4. The first-order valence-corrected chi connectivity index (χ1v) is 13.0. The highest BCUT2D eigenvalue weighted by Gasteiger charge is 2.21. The minimum Gasteiger partial charge on any atom is -0.338 e. The van der Waals surface area contributed by atoms with Gasteiger partial charge in [0.15, 0.2) is 0 Å². The highest BCUT2D eigenvalue weighted by molar-refractivity contribution is 7.92. The number of aromatic nitrogens is 2. The number of H-pyrrole nitrogens is 1. The number of para-hydroxylation sites is 3. The number of nitrogens with one attached hydrogen (secondary N) is 3. The molecular weight excluding hydrogens is 519 g/mol. The van der Waals surface area contributed by atoms with Crippen molar-refractivity contribution in [1.82, 2.24) is 9.97 Å². The lowest BCUT2D eigenvalue weighted by Gasteiger charge is -2.14. The summed E-state index contributed by atoms with van der Waals surface area (Å²) < 4.78 is 28.3. The molecule has 10 heteroatoms. The predicted molar refractivity (Wildman–Crippen MR) is 143 cm³/mol. The molecule has 0 unspecified atom stereocenters. The van der Waals surface area contributed by atoms with E-state index < -0.39 is 15.9 Å². The number of aromatic amines is 1. The van der Waals surface area contributed by atoms with Gasteiger partial charge in [-0.2, -0.15) is 0 Å². The van der Waals surface area contributed by atoms with Gasteiger partial charge in [0.1, 0.15) is 5.82 Å². The van der Waals surface area contributed by atoms with Gasteiger partial charge in [-0.1, -0.05) is 47.5 Å². The predicted octanol–water partition coefficient (Wildman–Crippen LogP) is 6.59. The maximum Gasteiger partial charge on any atom is 0.261 e. The first kappa shape index (κ1) is 23.9. The monoisotopic (exact) mass is 536 g/mol. The second-order valence-corrected chi connectivity index (χ2v) is 10.4. The van der Waals surface area contributed by atoms with Crippen molar-refractivity contribution in [3.8, 4) is 11.4 Å². The molecule has 0 radical (unpaired) electrons. The number of carbonyl (C=O) groups excluding carboxylic acids is 1. The third-order valence-corrected chi connectivity index (χ3v) is 7.28. The molecule has 1 heterocycles. The summed E-state index contributed by atoms with van der Waals surface area (Å²) in [5.74, 6) is 0.0386. The third kappa shape index (κ3) is 4.92. The molecule has 36 heavy (non-hydrogen) atoms. The van der Waals surface area contributed by atoms with E-state index in [2.05, 4.69) is 20.0 Å². The van der Waals surface area contributed by atoms with E-state index >= 15 is 0 Å². The van der Waals surface area contributed by atoms with Gasteiger partial charge in [0.05, 0.1) is 32.9 Å². The summed E-state index contributed by atoms with van der Waals surface area (Å²) in [6, 6.07) is 24.8. The van der Waals surface area contributed by atoms with E-state index in [9.17, 15) is 13.2 Å². The topological polar surface area (TPSA) is 104 Å². The minimum absolute atomic E-state index is 0.00318.